The lowest BCUT2D eigenvalue weighted by Gasteiger charge is -2.25. The van der Waals surface area contributed by atoms with Gasteiger partial charge < -0.3 is 10.5 Å². The van der Waals surface area contributed by atoms with Crippen LogP contribution in [0.3, 0.4) is 0 Å². The molecule has 1 fully saturated rings. The number of hydrogen-bond donors (Lipinski definition) is 2. The molecule has 0 atom stereocenters. The fourth-order valence-corrected chi connectivity index (χ4v) is 3.29. The van der Waals surface area contributed by atoms with Gasteiger partial charge in [-0.2, -0.15) is 9.78 Å². The molecule has 0 saturated carbocycles. The Bertz CT molecular complexity index is 1110. The predicted octanol–water partition coefficient (Wildman–Crippen LogP) is 1.14. The van der Waals surface area contributed by atoms with Crippen LogP contribution >= 0.6 is 23.2 Å². The van der Waals surface area contributed by atoms with Gasteiger partial charge in [0.05, 0.1) is 29.5 Å². The van der Waals surface area contributed by atoms with Crippen molar-refractivity contribution in [2.24, 2.45) is 5.10 Å². The highest BCUT2D eigenvalue weighted by Gasteiger charge is 2.26. The first-order valence-corrected chi connectivity index (χ1v) is 9.90. The van der Waals surface area contributed by atoms with E-state index in [4.69, 9.17) is 33.7 Å². The van der Waals surface area contributed by atoms with E-state index in [1.54, 1.807) is 18.2 Å². The average Bonchev–Trinajstić information content (AvgIpc) is 3.37. The summed E-state index contributed by atoms with van der Waals surface area (Å²) < 4.78 is 11.2. The molecule has 12 nitrogen and oxygen atoms in total. The Morgan fingerprint density at radius 1 is 1.29 bits per heavy atom. The lowest BCUT2D eigenvalue weighted by molar-refractivity contribution is 0.0335. The summed E-state index contributed by atoms with van der Waals surface area (Å²) in [7, 11) is 0. The van der Waals surface area contributed by atoms with Crippen LogP contribution in [0.1, 0.15) is 21.7 Å². The molecule has 1 aromatic carbocycles. The molecule has 14 heteroatoms. The van der Waals surface area contributed by atoms with E-state index in [0.717, 1.165) is 0 Å². The zero-order valence-electron chi connectivity index (χ0n) is 16.0. The van der Waals surface area contributed by atoms with Gasteiger partial charge >= 0.3 is 0 Å². The fraction of sp³-hybridized carbons (Fsp3) is 0.294. The molecule has 0 aliphatic carbocycles. The number of nitrogens with zero attached hydrogens (tertiary/aromatic N) is 7. The number of nitrogens with one attached hydrogen (secondary N) is 1. The smallest absolute Gasteiger partial charge is 0.292 e. The predicted molar refractivity (Wildman–Crippen MR) is 111 cm³/mol. The van der Waals surface area contributed by atoms with Crippen molar-refractivity contribution in [2.75, 3.05) is 32.0 Å². The number of anilines is 1. The quantitative estimate of drug-likeness (QED) is 0.403. The van der Waals surface area contributed by atoms with Crippen LogP contribution in [-0.2, 0) is 11.3 Å². The summed E-state index contributed by atoms with van der Waals surface area (Å²) in [4.78, 5) is 15.1. The molecule has 1 saturated heterocycles. The van der Waals surface area contributed by atoms with E-state index >= 15 is 0 Å². The minimum atomic E-state index is -0.579. The Kier molecular flexibility index (Phi) is 6.42. The van der Waals surface area contributed by atoms with Crippen molar-refractivity contribution in [3.05, 3.63) is 45.2 Å². The minimum Gasteiger partial charge on any atom is -0.379 e. The van der Waals surface area contributed by atoms with E-state index in [9.17, 15) is 4.79 Å². The summed E-state index contributed by atoms with van der Waals surface area (Å²) in [6.45, 7) is 2.97. The maximum absolute atomic E-state index is 13.0. The number of morpholine rings is 1. The maximum atomic E-state index is 13.0. The SMILES string of the molecule is Nc1nonc1-n1nnc(CN2CCOCC2)c1C(=O)NN=Cc1cccc(Cl)c1Cl. The number of nitrogens with two attached hydrogens (primary N) is 1. The standard InChI is InChI=1S/C17H17Cl2N9O3/c18-11-3-1-2-10(13(11)19)8-21-23-17(29)14-12(9-27-4-6-30-7-5-27)22-26-28(14)16-15(20)24-31-25-16/h1-3,8H,4-7,9H2,(H2,20,24)(H,23,29). The summed E-state index contributed by atoms with van der Waals surface area (Å²) >= 11 is 12.1. The topological polar surface area (TPSA) is 150 Å². The van der Waals surface area contributed by atoms with Crippen molar-refractivity contribution in [1.29, 1.82) is 0 Å². The molecule has 3 aromatic rings. The molecule has 1 amide bonds. The largest absolute Gasteiger partial charge is 0.379 e. The lowest BCUT2D eigenvalue weighted by atomic mass is 10.2. The van der Waals surface area contributed by atoms with E-state index in [1.807, 2.05) is 0 Å². The molecule has 0 spiro atoms. The highest BCUT2D eigenvalue weighted by molar-refractivity contribution is 6.43. The van der Waals surface area contributed by atoms with E-state index in [0.29, 0.717) is 54.2 Å². The third kappa shape index (κ3) is 4.66. The van der Waals surface area contributed by atoms with Crippen LogP contribution in [0, 0.1) is 0 Å². The first-order chi connectivity index (χ1) is 15.0. The van der Waals surface area contributed by atoms with Crippen molar-refractivity contribution in [1.82, 2.24) is 35.6 Å². The van der Waals surface area contributed by atoms with Gasteiger partial charge in [-0.3, -0.25) is 9.69 Å². The van der Waals surface area contributed by atoms with E-state index < -0.39 is 5.91 Å². The van der Waals surface area contributed by atoms with Gasteiger partial charge in [-0.25, -0.2) is 10.1 Å². The van der Waals surface area contributed by atoms with Gasteiger partial charge in [0.2, 0.25) is 11.6 Å². The summed E-state index contributed by atoms with van der Waals surface area (Å²) in [5.41, 5.74) is 9.27. The number of hydrogen-bond acceptors (Lipinski definition) is 10. The zero-order valence-corrected chi connectivity index (χ0v) is 17.5. The molecular weight excluding hydrogens is 449 g/mol. The molecule has 31 heavy (non-hydrogen) atoms. The number of amides is 1. The van der Waals surface area contributed by atoms with Crippen LogP contribution in [0.5, 0.6) is 0 Å². The first-order valence-electron chi connectivity index (χ1n) is 9.15. The van der Waals surface area contributed by atoms with Gasteiger partial charge in [-0.15, -0.1) is 5.10 Å². The second-order valence-electron chi connectivity index (χ2n) is 6.50. The Morgan fingerprint density at radius 2 is 2.10 bits per heavy atom. The average molecular weight is 466 g/mol. The number of aromatic nitrogens is 5. The summed E-state index contributed by atoms with van der Waals surface area (Å²) in [5.74, 6) is -0.566. The fourth-order valence-electron chi connectivity index (χ4n) is 2.94. The van der Waals surface area contributed by atoms with Gasteiger partial charge in [0.25, 0.3) is 5.91 Å². The maximum Gasteiger partial charge on any atom is 0.292 e. The molecular formula is C17H17Cl2N9O3. The van der Waals surface area contributed by atoms with Crippen molar-refractivity contribution < 1.29 is 14.2 Å². The van der Waals surface area contributed by atoms with E-state index in [-0.39, 0.29) is 17.3 Å². The van der Waals surface area contributed by atoms with E-state index in [2.05, 4.69) is 40.7 Å². The summed E-state index contributed by atoms with van der Waals surface area (Å²) in [6.07, 6.45) is 1.38. The number of carbonyl (C=O) groups is 1. The molecule has 2 aromatic heterocycles. The molecule has 3 N–H and O–H groups in total. The third-order valence-corrected chi connectivity index (χ3v) is 5.31. The van der Waals surface area contributed by atoms with Crippen molar-refractivity contribution in [2.45, 2.75) is 6.54 Å². The van der Waals surface area contributed by atoms with Crippen molar-refractivity contribution in [3.8, 4) is 5.82 Å². The van der Waals surface area contributed by atoms with Crippen LogP contribution in [0.2, 0.25) is 10.0 Å². The minimum absolute atomic E-state index is 0.0360. The number of hydrazone groups is 1. The Hall–Kier alpha value is -3.06. The van der Waals surface area contributed by atoms with Crippen LogP contribution in [0.25, 0.3) is 5.82 Å². The van der Waals surface area contributed by atoms with Gasteiger partial charge in [0, 0.05) is 25.2 Å². The number of halogens is 2. The van der Waals surface area contributed by atoms with Crippen LogP contribution in [0.15, 0.2) is 27.9 Å². The van der Waals surface area contributed by atoms with Gasteiger partial charge in [-0.1, -0.05) is 40.5 Å². The number of nitrogen functional groups attached to an aromatic ring is 1. The normalized spacial score (nSPS) is 14.9. The summed E-state index contributed by atoms with van der Waals surface area (Å²) in [5, 5.41) is 20.0. The molecule has 0 unspecified atom stereocenters. The Morgan fingerprint density at radius 3 is 2.84 bits per heavy atom. The lowest BCUT2D eigenvalue weighted by Crippen LogP contribution is -2.36. The second kappa shape index (κ2) is 9.39. The molecule has 0 radical (unpaired) electrons. The van der Waals surface area contributed by atoms with Crippen molar-refractivity contribution in [3.63, 3.8) is 0 Å². The number of benzene rings is 1. The number of rotatable bonds is 6. The van der Waals surface area contributed by atoms with Crippen LogP contribution < -0.4 is 11.2 Å². The second-order valence-corrected chi connectivity index (χ2v) is 7.29. The Labute approximate surface area is 185 Å². The van der Waals surface area contributed by atoms with Crippen LogP contribution in [0.4, 0.5) is 5.82 Å². The first kappa shape index (κ1) is 21.2. The number of carbonyl (C=O) groups excluding carboxylic acids is 1. The monoisotopic (exact) mass is 465 g/mol. The van der Waals surface area contributed by atoms with Gasteiger partial charge in [-0.05, 0) is 16.4 Å². The van der Waals surface area contributed by atoms with Crippen LogP contribution in [-0.4, -0.2) is 68.6 Å². The molecule has 162 valence electrons. The van der Waals surface area contributed by atoms with Gasteiger partial charge in [0.1, 0.15) is 5.69 Å². The summed E-state index contributed by atoms with van der Waals surface area (Å²) in [6, 6.07) is 5.08. The highest BCUT2D eigenvalue weighted by Crippen LogP contribution is 2.24. The van der Waals surface area contributed by atoms with Gasteiger partial charge in [0.15, 0.2) is 5.69 Å². The molecule has 1 aliphatic heterocycles. The van der Waals surface area contributed by atoms with E-state index in [1.165, 1.54) is 10.9 Å². The number of ether oxygens (including phenoxy) is 1. The molecule has 4 rings (SSSR count). The highest BCUT2D eigenvalue weighted by atomic mass is 35.5. The zero-order chi connectivity index (χ0) is 21.8. The molecule has 1 aliphatic rings. The van der Waals surface area contributed by atoms with Crippen molar-refractivity contribution >= 4 is 41.1 Å². The third-order valence-electron chi connectivity index (χ3n) is 4.48. The Balaban J connectivity index is 1.60. The molecule has 0 bridgehead atoms. The molecule has 3 heterocycles.